The Morgan fingerprint density at radius 2 is 2.03 bits per heavy atom. The average Bonchev–Trinajstić information content (AvgIpc) is 3.49. The third kappa shape index (κ3) is 3.19. The highest BCUT2D eigenvalue weighted by Gasteiger charge is 2.50. The minimum atomic E-state index is -0.0445. The highest BCUT2D eigenvalue weighted by molar-refractivity contribution is 6.03. The van der Waals surface area contributed by atoms with E-state index >= 15 is 0 Å². The Labute approximate surface area is 170 Å². The summed E-state index contributed by atoms with van der Waals surface area (Å²) in [6.45, 7) is 1.77. The molecule has 2 saturated heterocycles. The first-order chi connectivity index (χ1) is 14.2. The van der Waals surface area contributed by atoms with Gasteiger partial charge < -0.3 is 9.64 Å². The largest absolute Gasteiger partial charge is 0.495 e. The number of benzene rings is 2. The number of H-pyrrole nitrogens is 1. The quantitative estimate of drug-likeness (QED) is 0.705. The van der Waals surface area contributed by atoms with E-state index in [1.807, 2.05) is 47.6 Å². The van der Waals surface area contributed by atoms with Crippen molar-refractivity contribution in [2.75, 3.05) is 25.1 Å². The number of likely N-dealkylation sites (tertiary alicyclic amines) is 1. The number of ether oxygens (including phenoxy) is 1. The zero-order valence-corrected chi connectivity index (χ0v) is 16.4. The molecule has 2 unspecified atom stereocenters. The van der Waals surface area contributed by atoms with Crippen LogP contribution in [0.4, 0.5) is 5.69 Å². The van der Waals surface area contributed by atoms with Gasteiger partial charge >= 0.3 is 0 Å². The van der Waals surface area contributed by atoms with Crippen LogP contribution in [0, 0.1) is 0 Å². The van der Waals surface area contributed by atoms with E-state index in [2.05, 4.69) is 33.3 Å². The number of aromatic nitrogens is 2. The van der Waals surface area contributed by atoms with Gasteiger partial charge in [-0.05, 0) is 41.7 Å². The van der Waals surface area contributed by atoms with Crippen LogP contribution in [0.15, 0.2) is 60.9 Å². The fourth-order valence-electron chi connectivity index (χ4n) is 4.60. The maximum absolute atomic E-state index is 13.3. The van der Waals surface area contributed by atoms with E-state index < -0.39 is 0 Å². The fraction of sp³-hybridized carbons (Fsp3) is 0.304. The molecule has 29 heavy (non-hydrogen) atoms. The lowest BCUT2D eigenvalue weighted by Crippen LogP contribution is -2.51. The van der Waals surface area contributed by atoms with Crippen LogP contribution in [0.3, 0.4) is 0 Å². The molecule has 2 aliphatic heterocycles. The summed E-state index contributed by atoms with van der Waals surface area (Å²) in [5.41, 5.74) is 4.28. The zero-order valence-electron chi connectivity index (χ0n) is 16.4. The Kier molecular flexibility index (Phi) is 4.56. The normalized spacial score (nSPS) is 21.1. The molecule has 2 aromatic carbocycles. The van der Waals surface area contributed by atoms with Crippen molar-refractivity contribution in [2.24, 2.45) is 0 Å². The summed E-state index contributed by atoms with van der Waals surface area (Å²) in [5.74, 6) is 0.924. The lowest BCUT2D eigenvalue weighted by Gasteiger charge is -2.34. The van der Waals surface area contributed by atoms with Crippen molar-refractivity contribution in [1.82, 2.24) is 15.1 Å². The molecule has 0 aliphatic carbocycles. The van der Waals surface area contributed by atoms with Gasteiger partial charge in [-0.2, -0.15) is 5.10 Å². The summed E-state index contributed by atoms with van der Waals surface area (Å²) in [5, 5.41) is 6.85. The molecule has 5 rings (SSSR count). The molecule has 3 heterocycles. The van der Waals surface area contributed by atoms with Gasteiger partial charge in [0.25, 0.3) is 0 Å². The van der Waals surface area contributed by atoms with E-state index in [0.29, 0.717) is 0 Å². The first-order valence-electron chi connectivity index (χ1n) is 10.0. The van der Waals surface area contributed by atoms with Gasteiger partial charge in [0.05, 0.1) is 31.1 Å². The number of piperazine rings is 1. The molecule has 1 aromatic heterocycles. The van der Waals surface area contributed by atoms with Gasteiger partial charge in [0, 0.05) is 19.3 Å². The number of fused-ring (bicyclic) bond motifs is 2. The number of carbonyl (C=O) groups excluding carboxylic acids is 1. The molecule has 6 nitrogen and oxygen atoms in total. The number of methoxy groups -OCH3 is 1. The van der Waals surface area contributed by atoms with E-state index in [9.17, 15) is 4.79 Å². The first kappa shape index (κ1) is 17.9. The highest BCUT2D eigenvalue weighted by Crippen LogP contribution is 2.41. The summed E-state index contributed by atoms with van der Waals surface area (Å²) in [6.07, 6.45) is 5.55. The van der Waals surface area contributed by atoms with Crippen LogP contribution in [0.5, 0.6) is 5.75 Å². The van der Waals surface area contributed by atoms with Crippen molar-refractivity contribution in [3.63, 3.8) is 0 Å². The predicted molar refractivity (Wildman–Crippen MR) is 112 cm³/mol. The number of aromatic amines is 1. The lowest BCUT2D eigenvalue weighted by atomic mass is 10.0. The van der Waals surface area contributed by atoms with Crippen molar-refractivity contribution >= 4 is 11.6 Å². The minimum absolute atomic E-state index is 0.0445. The maximum Gasteiger partial charge on any atom is 0.244 e. The van der Waals surface area contributed by atoms with E-state index in [1.165, 1.54) is 5.56 Å². The minimum Gasteiger partial charge on any atom is -0.495 e. The zero-order chi connectivity index (χ0) is 19.8. The van der Waals surface area contributed by atoms with Crippen molar-refractivity contribution < 1.29 is 9.53 Å². The van der Waals surface area contributed by atoms with E-state index in [-0.39, 0.29) is 18.0 Å². The third-order valence-corrected chi connectivity index (χ3v) is 6.06. The molecule has 0 saturated carbocycles. The second-order valence-corrected chi connectivity index (χ2v) is 7.72. The van der Waals surface area contributed by atoms with Crippen LogP contribution in [0.2, 0.25) is 0 Å². The number of nitrogens with one attached hydrogen (secondary N) is 1. The maximum atomic E-state index is 13.3. The molecule has 3 aromatic rings. The highest BCUT2D eigenvalue weighted by atomic mass is 16.5. The van der Waals surface area contributed by atoms with Gasteiger partial charge in [0.2, 0.25) is 5.91 Å². The van der Waals surface area contributed by atoms with Crippen molar-refractivity contribution in [3.8, 4) is 16.9 Å². The Morgan fingerprint density at radius 1 is 1.17 bits per heavy atom. The van der Waals surface area contributed by atoms with Crippen molar-refractivity contribution in [1.29, 1.82) is 0 Å². The van der Waals surface area contributed by atoms with Crippen LogP contribution in [-0.2, 0) is 11.2 Å². The standard InChI is InChI=1S/C23H24N4O2/c1-29-22-8-7-18(17-5-3-2-4-6-17)11-20(22)27-19-12-21(23(27)28)26(15-19)10-9-16-13-24-25-14-16/h2-8,11,13-14,19,21H,9-10,12,15H2,1H3,(H,24,25). The van der Waals surface area contributed by atoms with Gasteiger partial charge in [0.15, 0.2) is 0 Å². The molecule has 1 N–H and O–H groups in total. The van der Waals surface area contributed by atoms with Gasteiger partial charge in [-0.15, -0.1) is 0 Å². The number of rotatable bonds is 6. The third-order valence-electron chi connectivity index (χ3n) is 6.06. The number of amides is 1. The average molecular weight is 388 g/mol. The molecule has 2 aliphatic rings. The number of anilines is 1. The fourth-order valence-corrected chi connectivity index (χ4v) is 4.60. The molecule has 0 spiro atoms. The number of nitrogens with zero attached hydrogens (tertiary/aromatic N) is 3. The van der Waals surface area contributed by atoms with E-state index in [1.54, 1.807) is 7.11 Å². The Hall–Kier alpha value is -3.12. The second kappa shape index (κ2) is 7.37. The van der Waals surface area contributed by atoms with E-state index in [4.69, 9.17) is 4.74 Å². The smallest absolute Gasteiger partial charge is 0.244 e. The van der Waals surface area contributed by atoms with Crippen LogP contribution >= 0.6 is 0 Å². The number of carbonyl (C=O) groups is 1. The summed E-state index contributed by atoms with van der Waals surface area (Å²) >= 11 is 0. The summed E-state index contributed by atoms with van der Waals surface area (Å²) in [7, 11) is 1.66. The topological polar surface area (TPSA) is 61.5 Å². The predicted octanol–water partition coefficient (Wildman–Crippen LogP) is 3.12. The molecule has 1 amide bonds. The summed E-state index contributed by atoms with van der Waals surface area (Å²) < 4.78 is 5.61. The van der Waals surface area contributed by atoms with Crippen molar-refractivity contribution in [2.45, 2.75) is 24.9 Å². The first-order valence-corrected chi connectivity index (χ1v) is 10.0. The molecule has 148 valence electrons. The Morgan fingerprint density at radius 3 is 2.76 bits per heavy atom. The van der Waals surface area contributed by atoms with Crippen molar-refractivity contribution in [3.05, 3.63) is 66.5 Å². The summed E-state index contributed by atoms with van der Waals surface area (Å²) in [4.78, 5) is 17.5. The number of hydrogen-bond donors (Lipinski definition) is 1. The molecule has 0 radical (unpaired) electrons. The van der Waals surface area contributed by atoms with E-state index in [0.717, 1.165) is 48.5 Å². The second-order valence-electron chi connectivity index (χ2n) is 7.72. The van der Waals surface area contributed by atoms with Crippen LogP contribution in [-0.4, -0.2) is 53.3 Å². The molecule has 2 bridgehead atoms. The van der Waals surface area contributed by atoms with Gasteiger partial charge in [-0.3, -0.25) is 14.8 Å². The molecule has 6 heteroatoms. The Bertz CT molecular complexity index is 1000. The molecular weight excluding hydrogens is 364 g/mol. The molecule has 2 atom stereocenters. The molecular formula is C23H24N4O2. The molecule has 2 fully saturated rings. The monoisotopic (exact) mass is 388 g/mol. The van der Waals surface area contributed by atoms with Crippen LogP contribution in [0.1, 0.15) is 12.0 Å². The van der Waals surface area contributed by atoms with Gasteiger partial charge in [0.1, 0.15) is 5.75 Å². The van der Waals surface area contributed by atoms with Crippen LogP contribution in [0.25, 0.3) is 11.1 Å². The van der Waals surface area contributed by atoms with Gasteiger partial charge in [-0.25, -0.2) is 0 Å². The van der Waals surface area contributed by atoms with Gasteiger partial charge in [-0.1, -0.05) is 36.4 Å². The number of hydrogen-bond acceptors (Lipinski definition) is 4. The SMILES string of the molecule is COc1ccc(-c2ccccc2)cc1N1C(=O)C2CC1CN2CCc1cn[nH]c1. The van der Waals surface area contributed by atoms with Crippen LogP contribution < -0.4 is 9.64 Å². The Balaban J connectivity index is 1.39. The summed E-state index contributed by atoms with van der Waals surface area (Å²) in [6, 6.07) is 16.5. The lowest BCUT2D eigenvalue weighted by molar-refractivity contribution is -0.122.